The molecule has 4 heteroatoms. The van der Waals surface area contributed by atoms with Gasteiger partial charge in [-0.25, -0.2) is 0 Å². The Kier molecular flexibility index (Phi) is 4.03. The summed E-state index contributed by atoms with van der Waals surface area (Å²) in [6.45, 7) is 4.61. The Bertz CT molecular complexity index is 720. The molecular formula is C18H17NO2S. The number of thioether (sulfide) groups is 1. The van der Waals surface area contributed by atoms with E-state index >= 15 is 0 Å². The van der Waals surface area contributed by atoms with Crippen LogP contribution in [-0.2, 0) is 0 Å². The summed E-state index contributed by atoms with van der Waals surface area (Å²) >= 11 is 1.67. The number of imide groups is 1. The van der Waals surface area contributed by atoms with Crippen molar-refractivity contribution in [2.24, 2.45) is 0 Å². The Morgan fingerprint density at radius 1 is 0.909 bits per heavy atom. The van der Waals surface area contributed by atoms with E-state index in [0.29, 0.717) is 23.4 Å². The highest BCUT2D eigenvalue weighted by atomic mass is 32.2. The van der Waals surface area contributed by atoms with Crippen molar-refractivity contribution in [2.75, 3.05) is 12.3 Å². The van der Waals surface area contributed by atoms with Gasteiger partial charge in [-0.1, -0.05) is 18.2 Å². The van der Waals surface area contributed by atoms with Crippen LogP contribution in [0.5, 0.6) is 0 Å². The lowest BCUT2D eigenvalue weighted by atomic mass is 10.1. The maximum absolute atomic E-state index is 12.2. The molecule has 0 aliphatic carbocycles. The number of carbonyl (C=O) groups is 2. The fourth-order valence-corrected chi connectivity index (χ4v) is 3.43. The van der Waals surface area contributed by atoms with Crippen LogP contribution in [0.3, 0.4) is 0 Å². The molecule has 0 saturated carbocycles. The van der Waals surface area contributed by atoms with Crippen molar-refractivity contribution in [3.63, 3.8) is 0 Å². The Balaban J connectivity index is 1.64. The molecule has 3 rings (SSSR count). The lowest BCUT2D eigenvalue weighted by Gasteiger charge is -2.13. The molecule has 2 aromatic rings. The molecule has 1 aliphatic rings. The molecular weight excluding hydrogens is 294 g/mol. The van der Waals surface area contributed by atoms with Gasteiger partial charge in [0.1, 0.15) is 0 Å². The molecule has 0 saturated heterocycles. The van der Waals surface area contributed by atoms with E-state index in [2.05, 4.69) is 32.0 Å². The van der Waals surface area contributed by atoms with Crippen LogP contribution in [0.25, 0.3) is 0 Å². The van der Waals surface area contributed by atoms with Gasteiger partial charge in [0, 0.05) is 17.2 Å². The molecule has 1 aliphatic heterocycles. The number of hydrogen-bond donors (Lipinski definition) is 0. The largest absolute Gasteiger partial charge is 0.273 e. The summed E-state index contributed by atoms with van der Waals surface area (Å²) in [6.07, 6.45) is 0. The van der Waals surface area contributed by atoms with E-state index in [-0.39, 0.29) is 11.8 Å². The van der Waals surface area contributed by atoms with E-state index in [0.717, 1.165) is 0 Å². The number of rotatable bonds is 4. The summed E-state index contributed by atoms with van der Waals surface area (Å²) in [4.78, 5) is 27.0. The van der Waals surface area contributed by atoms with Gasteiger partial charge < -0.3 is 0 Å². The van der Waals surface area contributed by atoms with Crippen LogP contribution in [-0.4, -0.2) is 29.0 Å². The van der Waals surface area contributed by atoms with E-state index in [1.165, 1.54) is 20.9 Å². The maximum atomic E-state index is 12.2. The highest BCUT2D eigenvalue weighted by Crippen LogP contribution is 2.25. The van der Waals surface area contributed by atoms with Gasteiger partial charge in [0.05, 0.1) is 11.1 Å². The van der Waals surface area contributed by atoms with Gasteiger partial charge in [0.25, 0.3) is 11.8 Å². The monoisotopic (exact) mass is 311 g/mol. The SMILES string of the molecule is Cc1ccc(SCCN2C(=O)c3ccccc3C2=O)cc1C. The average molecular weight is 311 g/mol. The van der Waals surface area contributed by atoms with Gasteiger partial charge in [-0.3, -0.25) is 14.5 Å². The predicted octanol–water partition coefficient (Wildman–Crippen LogP) is 3.69. The highest BCUT2D eigenvalue weighted by molar-refractivity contribution is 7.99. The minimum absolute atomic E-state index is 0.179. The molecule has 0 radical (unpaired) electrons. The first-order valence-corrected chi connectivity index (χ1v) is 8.22. The summed E-state index contributed by atoms with van der Waals surface area (Å²) in [5, 5.41) is 0. The topological polar surface area (TPSA) is 37.4 Å². The molecule has 0 N–H and O–H groups in total. The summed E-state index contributed by atoms with van der Waals surface area (Å²) in [5.74, 6) is 0.344. The van der Waals surface area contributed by atoms with Gasteiger partial charge in [0.2, 0.25) is 0 Å². The summed E-state index contributed by atoms with van der Waals surface area (Å²) in [7, 11) is 0. The molecule has 2 amide bonds. The first-order valence-electron chi connectivity index (χ1n) is 7.23. The number of carbonyl (C=O) groups excluding carboxylic acids is 2. The molecule has 3 nitrogen and oxygen atoms in total. The zero-order valence-corrected chi connectivity index (χ0v) is 13.4. The molecule has 0 aromatic heterocycles. The van der Waals surface area contributed by atoms with Gasteiger partial charge in [-0.15, -0.1) is 11.8 Å². The number of aryl methyl sites for hydroxylation is 2. The highest BCUT2D eigenvalue weighted by Gasteiger charge is 2.34. The smallest absolute Gasteiger partial charge is 0.261 e. The van der Waals surface area contributed by atoms with Gasteiger partial charge in [0.15, 0.2) is 0 Å². The summed E-state index contributed by atoms with van der Waals surface area (Å²) in [6, 6.07) is 13.3. The van der Waals surface area contributed by atoms with E-state index in [4.69, 9.17) is 0 Å². The van der Waals surface area contributed by atoms with E-state index in [1.54, 1.807) is 36.0 Å². The second-order valence-corrected chi connectivity index (χ2v) is 6.57. The number of fused-ring (bicyclic) bond motifs is 1. The van der Waals surface area contributed by atoms with E-state index in [9.17, 15) is 9.59 Å². The van der Waals surface area contributed by atoms with Crippen LogP contribution < -0.4 is 0 Å². The first kappa shape index (κ1) is 14.9. The van der Waals surface area contributed by atoms with Crippen LogP contribution in [0.4, 0.5) is 0 Å². The molecule has 0 bridgehead atoms. The van der Waals surface area contributed by atoms with Crippen LogP contribution >= 0.6 is 11.8 Å². The van der Waals surface area contributed by atoms with Crippen molar-refractivity contribution in [1.29, 1.82) is 0 Å². The van der Waals surface area contributed by atoms with Crippen LogP contribution in [0.15, 0.2) is 47.4 Å². The van der Waals surface area contributed by atoms with Gasteiger partial charge in [-0.2, -0.15) is 0 Å². The van der Waals surface area contributed by atoms with Gasteiger partial charge in [-0.05, 0) is 49.2 Å². The number of benzene rings is 2. The zero-order valence-electron chi connectivity index (χ0n) is 12.6. The first-order chi connectivity index (χ1) is 10.6. The Morgan fingerprint density at radius 3 is 2.14 bits per heavy atom. The third kappa shape index (κ3) is 2.66. The molecule has 112 valence electrons. The molecule has 0 spiro atoms. The average Bonchev–Trinajstić information content (AvgIpc) is 2.76. The van der Waals surface area contributed by atoms with Crippen molar-refractivity contribution in [1.82, 2.24) is 4.90 Å². The number of hydrogen-bond acceptors (Lipinski definition) is 3. The molecule has 0 atom stereocenters. The summed E-state index contributed by atoms with van der Waals surface area (Å²) < 4.78 is 0. The van der Waals surface area contributed by atoms with Crippen molar-refractivity contribution in [3.05, 3.63) is 64.7 Å². The maximum Gasteiger partial charge on any atom is 0.261 e. The third-order valence-electron chi connectivity index (χ3n) is 3.94. The van der Waals surface area contributed by atoms with Crippen molar-refractivity contribution < 1.29 is 9.59 Å². The number of nitrogens with zero attached hydrogens (tertiary/aromatic N) is 1. The molecule has 0 fully saturated rings. The van der Waals surface area contributed by atoms with Crippen LogP contribution in [0, 0.1) is 13.8 Å². The Morgan fingerprint density at radius 2 is 1.55 bits per heavy atom. The normalized spacial score (nSPS) is 13.6. The standard InChI is InChI=1S/C18H17NO2S/c1-12-7-8-14(11-13(12)2)22-10-9-19-17(20)15-5-3-4-6-16(15)18(19)21/h3-8,11H,9-10H2,1-2H3. The molecule has 2 aromatic carbocycles. The quantitative estimate of drug-likeness (QED) is 0.638. The second kappa shape index (κ2) is 5.97. The lowest BCUT2D eigenvalue weighted by molar-refractivity contribution is 0.0664. The lowest BCUT2D eigenvalue weighted by Crippen LogP contribution is -2.31. The number of amides is 2. The van der Waals surface area contributed by atoms with Crippen molar-refractivity contribution in [2.45, 2.75) is 18.7 Å². The fraction of sp³-hybridized carbons (Fsp3) is 0.222. The van der Waals surface area contributed by atoms with Crippen LogP contribution in [0.2, 0.25) is 0 Å². The van der Waals surface area contributed by atoms with Crippen molar-refractivity contribution >= 4 is 23.6 Å². The predicted molar refractivity (Wildman–Crippen MR) is 88.4 cm³/mol. The van der Waals surface area contributed by atoms with E-state index < -0.39 is 0 Å². The van der Waals surface area contributed by atoms with E-state index in [1.807, 2.05) is 0 Å². The fourth-order valence-electron chi connectivity index (χ4n) is 2.50. The Labute approximate surface area is 134 Å². The molecule has 0 unspecified atom stereocenters. The minimum atomic E-state index is -0.179. The molecule has 1 heterocycles. The van der Waals surface area contributed by atoms with Crippen LogP contribution in [0.1, 0.15) is 31.8 Å². The van der Waals surface area contributed by atoms with Crippen molar-refractivity contribution in [3.8, 4) is 0 Å². The zero-order chi connectivity index (χ0) is 15.7. The third-order valence-corrected chi connectivity index (χ3v) is 4.91. The molecule has 22 heavy (non-hydrogen) atoms. The summed E-state index contributed by atoms with van der Waals surface area (Å²) in [5.41, 5.74) is 3.56. The van der Waals surface area contributed by atoms with Gasteiger partial charge >= 0.3 is 0 Å². The Hall–Kier alpha value is -2.07. The minimum Gasteiger partial charge on any atom is -0.273 e. The second-order valence-electron chi connectivity index (χ2n) is 5.40.